The summed E-state index contributed by atoms with van der Waals surface area (Å²) in [5.41, 5.74) is 3.05. The van der Waals surface area contributed by atoms with Crippen LogP contribution in [0.5, 0.6) is 0 Å². The third-order valence-electron chi connectivity index (χ3n) is 6.31. The molecule has 0 bridgehead atoms. The predicted molar refractivity (Wildman–Crippen MR) is 124 cm³/mol. The van der Waals surface area contributed by atoms with Crippen LogP contribution in [0.2, 0.25) is 0 Å². The van der Waals surface area contributed by atoms with E-state index in [-0.39, 0.29) is 11.9 Å². The van der Waals surface area contributed by atoms with Crippen molar-refractivity contribution >= 4 is 34.4 Å². The fraction of sp³-hybridized carbons (Fsp3) is 0.435. The highest BCUT2D eigenvalue weighted by Crippen LogP contribution is 2.29. The standard InChI is InChI=1S/C23H28N8O/c1-29-12-13-30(2)23(32)21(29)16-6-7-18(26-15-16)27-17-14-19(31-10-4-3-5-11-31)28-22-20(17)24-8-9-25-22/h6-9,14-15,21H,3-5,10-13H2,1-2H3,(H,25,26,27,28). The molecular weight excluding hydrogens is 404 g/mol. The van der Waals surface area contributed by atoms with E-state index < -0.39 is 0 Å². The van der Waals surface area contributed by atoms with Crippen molar-refractivity contribution in [1.82, 2.24) is 29.7 Å². The molecule has 1 N–H and O–H groups in total. The number of pyridine rings is 2. The molecule has 2 fully saturated rings. The van der Waals surface area contributed by atoms with Gasteiger partial charge in [0.05, 0.1) is 5.69 Å². The average molecular weight is 433 g/mol. The van der Waals surface area contributed by atoms with E-state index >= 15 is 0 Å². The zero-order valence-electron chi connectivity index (χ0n) is 18.5. The van der Waals surface area contributed by atoms with E-state index in [1.54, 1.807) is 23.5 Å². The van der Waals surface area contributed by atoms with Crippen molar-refractivity contribution in [3.05, 3.63) is 42.4 Å². The Labute approximate surface area is 187 Å². The van der Waals surface area contributed by atoms with Crippen LogP contribution in [-0.2, 0) is 4.79 Å². The van der Waals surface area contributed by atoms with Gasteiger partial charge in [0, 0.05) is 57.9 Å². The van der Waals surface area contributed by atoms with Crippen LogP contribution in [0.25, 0.3) is 11.2 Å². The molecule has 3 aromatic heterocycles. The molecule has 0 spiro atoms. The molecule has 0 saturated carbocycles. The number of piperazine rings is 1. The van der Waals surface area contributed by atoms with Gasteiger partial charge in [-0.05, 0) is 37.9 Å². The lowest BCUT2D eigenvalue weighted by molar-refractivity contribution is -0.139. The van der Waals surface area contributed by atoms with E-state index in [9.17, 15) is 4.79 Å². The number of amides is 1. The van der Waals surface area contributed by atoms with Gasteiger partial charge in [-0.3, -0.25) is 9.69 Å². The molecule has 1 amide bonds. The summed E-state index contributed by atoms with van der Waals surface area (Å²) in [6, 6.07) is 5.61. The van der Waals surface area contributed by atoms with Crippen molar-refractivity contribution < 1.29 is 4.79 Å². The fourth-order valence-corrected chi connectivity index (χ4v) is 4.44. The number of likely N-dealkylation sites (N-methyl/N-ethyl adjacent to an activating group) is 2. The van der Waals surface area contributed by atoms with Crippen molar-refractivity contribution in [3.8, 4) is 0 Å². The van der Waals surface area contributed by atoms with Crippen molar-refractivity contribution in [3.63, 3.8) is 0 Å². The summed E-state index contributed by atoms with van der Waals surface area (Å²) in [6.07, 6.45) is 8.74. The first kappa shape index (κ1) is 20.6. The predicted octanol–water partition coefficient (Wildman–Crippen LogP) is 2.60. The lowest BCUT2D eigenvalue weighted by Gasteiger charge is -2.36. The number of nitrogens with one attached hydrogen (secondary N) is 1. The summed E-state index contributed by atoms with van der Waals surface area (Å²) in [4.78, 5) is 37.1. The number of aromatic nitrogens is 4. The van der Waals surface area contributed by atoms with E-state index in [0.717, 1.165) is 43.2 Å². The molecule has 9 heteroatoms. The summed E-state index contributed by atoms with van der Waals surface area (Å²) in [5.74, 6) is 1.70. The highest BCUT2D eigenvalue weighted by Gasteiger charge is 2.32. The van der Waals surface area contributed by atoms with Gasteiger partial charge >= 0.3 is 0 Å². The molecule has 32 heavy (non-hydrogen) atoms. The summed E-state index contributed by atoms with van der Waals surface area (Å²) in [6.45, 7) is 3.59. The molecule has 5 heterocycles. The highest BCUT2D eigenvalue weighted by molar-refractivity contribution is 5.89. The fourth-order valence-electron chi connectivity index (χ4n) is 4.44. The van der Waals surface area contributed by atoms with E-state index in [1.807, 2.05) is 32.3 Å². The van der Waals surface area contributed by atoms with E-state index in [0.29, 0.717) is 17.0 Å². The number of hydrogen-bond acceptors (Lipinski definition) is 8. The Kier molecular flexibility index (Phi) is 5.57. The largest absolute Gasteiger partial charge is 0.356 e. The van der Waals surface area contributed by atoms with Crippen molar-refractivity contribution in [2.45, 2.75) is 25.3 Å². The number of fused-ring (bicyclic) bond motifs is 1. The number of carbonyl (C=O) groups excluding carboxylic acids is 1. The van der Waals surface area contributed by atoms with Gasteiger partial charge in [-0.25, -0.2) is 19.9 Å². The SMILES string of the molecule is CN1CCN(C)C(c2ccc(Nc3cc(N4CCCCC4)nc4nccnc34)nc2)C1=O. The van der Waals surface area contributed by atoms with Crippen LogP contribution in [-0.4, -0.2) is 75.9 Å². The highest BCUT2D eigenvalue weighted by atomic mass is 16.2. The zero-order valence-corrected chi connectivity index (χ0v) is 18.5. The van der Waals surface area contributed by atoms with E-state index in [4.69, 9.17) is 4.98 Å². The molecule has 9 nitrogen and oxygen atoms in total. The minimum atomic E-state index is -0.298. The van der Waals surface area contributed by atoms with Gasteiger partial charge in [-0.1, -0.05) is 6.07 Å². The number of hydrogen-bond donors (Lipinski definition) is 1. The maximum absolute atomic E-state index is 12.7. The first-order valence-electron chi connectivity index (χ1n) is 11.1. The molecule has 3 aromatic rings. The molecule has 0 radical (unpaired) electrons. The van der Waals surface area contributed by atoms with Gasteiger partial charge in [0.25, 0.3) is 0 Å². The molecule has 1 atom stereocenters. The molecule has 166 valence electrons. The molecule has 2 aliphatic rings. The monoisotopic (exact) mass is 432 g/mol. The summed E-state index contributed by atoms with van der Waals surface area (Å²) in [7, 11) is 3.83. The molecule has 2 aliphatic heterocycles. The van der Waals surface area contributed by atoms with E-state index in [1.165, 1.54) is 19.3 Å². The van der Waals surface area contributed by atoms with Gasteiger partial charge < -0.3 is 15.1 Å². The maximum atomic E-state index is 12.7. The van der Waals surface area contributed by atoms with Crippen molar-refractivity contribution in [1.29, 1.82) is 0 Å². The van der Waals surface area contributed by atoms with Crippen LogP contribution >= 0.6 is 0 Å². The maximum Gasteiger partial charge on any atom is 0.244 e. The Morgan fingerprint density at radius 3 is 2.56 bits per heavy atom. The number of rotatable bonds is 4. The van der Waals surface area contributed by atoms with Crippen LogP contribution in [0.3, 0.4) is 0 Å². The molecule has 0 aromatic carbocycles. The molecule has 1 unspecified atom stereocenters. The van der Waals surface area contributed by atoms with Crippen LogP contribution < -0.4 is 10.2 Å². The summed E-state index contributed by atoms with van der Waals surface area (Å²) in [5, 5.41) is 3.40. The Bertz CT molecular complexity index is 1110. The van der Waals surface area contributed by atoms with Gasteiger partial charge in [0.1, 0.15) is 23.2 Å². The second-order valence-electron chi connectivity index (χ2n) is 8.55. The lowest BCUT2D eigenvalue weighted by atomic mass is 10.0. The number of carbonyl (C=O) groups is 1. The quantitative estimate of drug-likeness (QED) is 0.673. The zero-order chi connectivity index (χ0) is 22.1. The molecular formula is C23H28N8O. The Balaban J connectivity index is 1.43. The van der Waals surface area contributed by atoms with Crippen LogP contribution in [0, 0.1) is 0 Å². The van der Waals surface area contributed by atoms with Crippen molar-refractivity contribution in [2.24, 2.45) is 0 Å². The first-order chi connectivity index (χ1) is 15.6. The van der Waals surface area contributed by atoms with Crippen LogP contribution in [0.15, 0.2) is 36.8 Å². The topological polar surface area (TPSA) is 90.4 Å². The number of nitrogens with zero attached hydrogens (tertiary/aromatic N) is 7. The van der Waals surface area contributed by atoms with Gasteiger partial charge in [0.15, 0.2) is 5.65 Å². The molecule has 2 saturated heterocycles. The number of anilines is 3. The smallest absolute Gasteiger partial charge is 0.244 e. The van der Waals surface area contributed by atoms with Gasteiger partial charge in [-0.2, -0.15) is 0 Å². The van der Waals surface area contributed by atoms with Gasteiger partial charge in [-0.15, -0.1) is 0 Å². The number of piperidine rings is 1. The minimum absolute atomic E-state index is 0.0998. The van der Waals surface area contributed by atoms with E-state index in [2.05, 4.69) is 30.1 Å². The molecule has 0 aliphatic carbocycles. The Morgan fingerprint density at radius 2 is 1.78 bits per heavy atom. The third-order valence-corrected chi connectivity index (χ3v) is 6.31. The van der Waals surface area contributed by atoms with Crippen LogP contribution in [0.4, 0.5) is 17.3 Å². The Hall–Kier alpha value is -3.33. The average Bonchev–Trinajstić information content (AvgIpc) is 2.83. The lowest BCUT2D eigenvalue weighted by Crippen LogP contribution is -2.49. The second-order valence-corrected chi connectivity index (χ2v) is 8.55. The third kappa shape index (κ3) is 3.95. The molecule has 5 rings (SSSR count). The minimum Gasteiger partial charge on any atom is -0.356 e. The van der Waals surface area contributed by atoms with Crippen molar-refractivity contribution in [2.75, 3.05) is 50.5 Å². The normalized spacial score (nSPS) is 20.1. The summed E-state index contributed by atoms with van der Waals surface area (Å²) >= 11 is 0. The first-order valence-corrected chi connectivity index (χ1v) is 11.1. The van der Waals surface area contributed by atoms with Gasteiger partial charge in [0.2, 0.25) is 5.91 Å². The van der Waals surface area contributed by atoms with Crippen LogP contribution in [0.1, 0.15) is 30.9 Å². The summed E-state index contributed by atoms with van der Waals surface area (Å²) < 4.78 is 0. The second kappa shape index (κ2) is 8.66. The Morgan fingerprint density at radius 1 is 0.969 bits per heavy atom.